The number of ether oxygens (including phenoxy) is 1. The fourth-order valence-electron chi connectivity index (χ4n) is 1.92. The monoisotopic (exact) mass is 234 g/mol. The van der Waals surface area contributed by atoms with Crippen molar-refractivity contribution in [3.63, 3.8) is 0 Å². The molecule has 5 nitrogen and oxygen atoms in total. The highest BCUT2D eigenvalue weighted by molar-refractivity contribution is 5.93. The van der Waals surface area contributed by atoms with Crippen molar-refractivity contribution in [2.75, 3.05) is 24.6 Å². The molecule has 2 heterocycles. The van der Waals surface area contributed by atoms with Crippen molar-refractivity contribution in [1.29, 1.82) is 5.41 Å². The molecule has 0 saturated carbocycles. The molecular weight excluding hydrogens is 216 g/mol. The van der Waals surface area contributed by atoms with Gasteiger partial charge < -0.3 is 15.4 Å². The molecule has 5 heteroatoms. The number of rotatable bonds is 3. The summed E-state index contributed by atoms with van der Waals surface area (Å²) < 4.78 is 5.62. The lowest BCUT2D eigenvalue weighted by molar-refractivity contribution is 0.0381. The van der Waals surface area contributed by atoms with E-state index in [1.165, 1.54) is 0 Å². The molecule has 0 radical (unpaired) electrons. The Morgan fingerprint density at radius 1 is 1.65 bits per heavy atom. The summed E-state index contributed by atoms with van der Waals surface area (Å²) >= 11 is 0. The smallest absolute Gasteiger partial charge is 0.141 e. The second-order valence-electron chi connectivity index (χ2n) is 4.14. The van der Waals surface area contributed by atoms with E-state index in [-0.39, 0.29) is 11.9 Å². The van der Waals surface area contributed by atoms with E-state index in [9.17, 15) is 0 Å². The van der Waals surface area contributed by atoms with Crippen LogP contribution in [0.2, 0.25) is 0 Å². The zero-order valence-electron chi connectivity index (χ0n) is 10.0. The fourth-order valence-corrected chi connectivity index (χ4v) is 1.92. The molecule has 1 aromatic heterocycles. The molecule has 0 aromatic carbocycles. The first-order chi connectivity index (χ1) is 8.20. The van der Waals surface area contributed by atoms with E-state index < -0.39 is 0 Å². The number of aromatic nitrogens is 1. The Kier molecular flexibility index (Phi) is 3.58. The van der Waals surface area contributed by atoms with Gasteiger partial charge in [-0.3, -0.25) is 5.41 Å². The lowest BCUT2D eigenvalue weighted by atomic mass is 10.2. The van der Waals surface area contributed by atoms with Crippen LogP contribution in [0.1, 0.15) is 19.0 Å². The van der Waals surface area contributed by atoms with Gasteiger partial charge in [0, 0.05) is 13.1 Å². The first-order valence-corrected chi connectivity index (χ1v) is 5.88. The molecule has 0 bridgehead atoms. The summed E-state index contributed by atoms with van der Waals surface area (Å²) in [6.45, 7) is 4.54. The maximum Gasteiger partial charge on any atom is 0.141 e. The van der Waals surface area contributed by atoms with Crippen LogP contribution >= 0.6 is 0 Å². The standard InChI is InChI=1S/C12H18N4O/c1-2-9-8-16(6-7-17-9)11-5-3-4-10(15-11)12(13)14/h3-5,9H,2,6-8H2,1H3,(H3,13,14). The lowest BCUT2D eigenvalue weighted by Crippen LogP contribution is -2.42. The minimum absolute atomic E-state index is 0.00662. The van der Waals surface area contributed by atoms with Crippen LogP contribution in [0.3, 0.4) is 0 Å². The zero-order chi connectivity index (χ0) is 12.3. The molecule has 2 rings (SSSR count). The van der Waals surface area contributed by atoms with Crippen LogP contribution in [0.4, 0.5) is 5.82 Å². The number of nitrogens with one attached hydrogen (secondary N) is 1. The third-order valence-electron chi connectivity index (χ3n) is 2.93. The van der Waals surface area contributed by atoms with E-state index in [0.29, 0.717) is 5.69 Å². The molecule has 1 aliphatic rings. The predicted octanol–water partition coefficient (Wildman–Crippen LogP) is 0.981. The molecule has 0 amide bonds. The molecule has 3 N–H and O–H groups in total. The Labute approximate surface area is 101 Å². The summed E-state index contributed by atoms with van der Waals surface area (Å²) in [5.41, 5.74) is 5.97. The van der Waals surface area contributed by atoms with Gasteiger partial charge in [-0.1, -0.05) is 13.0 Å². The van der Waals surface area contributed by atoms with Crippen molar-refractivity contribution in [3.8, 4) is 0 Å². The number of amidine groups is 1. The van der Waals surface area contributed by atoms with Gasteiger partial charge in [0.1, 0.15) is 17.3 Å². The normalized spacial score (nSPS) is 20.3. The van der Waals surface area contributed by atoms with Gasteiger partial charge in [0.2, 0.25) is 0 Å². The average molecular weight is 234 g/mol. The lowest BCUT2D eigenvalue weighted by Gasteiger charge is -2.33. The van der Waals surface area contributed by atoms with E-state index in [1.807, 2.05) is 12.1 Å². The molecule has 0 spiro atoms. The molecule has 1 unspecified atom stereocenters. The Morgan fingerprint density at radius 3 is 3.18 bits per heavy atom. The van der Waals surface area contributed by atoms with Gasteiger partial charge in [-0.25, -0.2) is 4.98 Å². The Balaban J connectivity index is 2.16. The van der Waals surface area contributed by atoms with Crippen molar-refractivity contribution in [2.24, 2.45) is 5.73 Å². The van der Waals surface area contributed by atoms with Crippen LogP contribution in [0.5, 0.6) is 0 Å². The topological polar surface area (TPSA) is 75.2 Å². The second-order valence-corrected chi connectivity index (χ2v) is 4.14. The SMILES string of the molecule is CCC1CN(c2cccc(C(=N)N)n2)CCO1. The molecule has 1 atom stereocenters. The van der Waals surface area contributed by atoms with E-state index in [2.05, 4.69) is 16.8 Å². The fraction of sp³-hybridized carbons (Fsp3) is 0.500. The maximum absolute atomic E-state index is 7.39. The number of pyridine rings is 1. The largest absolute Gasteiger partial charge is 0.382 e. The first kappa shape index (κ1) is 11.9. The van der Waals surface area contributed by atoms with Crippen molar-refractivity contribution < 1.29 is 4.74 Å². The highest BCUT2D eigenvalue weighted by atomic mass is 16.5. The summed E-state index contributed by atoms with van der Waals surface area (Å²) in [5.74, 6) is 0.881. The molecule has 1 aromatic rings. The Bertz CT molecular complexity index is 407. The molecule has 92 valence electrons. The quantitative estimate of drug-likeness (QED) is 0.604. The number of morpholine rings is 1. The Hall–Kier alpha value is -1.62. The van der Waals surface area contributed by atoms with E-state index in [4.69, 9.17) is 15.9 Å². The summed E-state index contributed by atoms with van der Waals surface area (Å²) in [6.07, 6.45) is 1.27. The molecule has 0 aliphatic carbocycles. The van der Waals surface area contributed by atoms with Gasteiger partial charge in [0.15, 0.2) is 0 Å². The number of nitrogens with zero attached hydrogens (tertiary/aromatic N) is 2. The van der Waals surface area contributed by atoms with Crippen LogP contribution in [-0.4, -0.2) is 36.6 Å². The number of nitrogens with two attached hydrogens (primary N) is 1. The van der Waals surface area contributed by atoms with E-state index in [1.54, 1.807) is 6.07 Å². The van der Waals surface area contributed by atoms with Crippen LogP contribution in [0, 0.1) is 5.41 Å². The second kappa shape index (κ2) is 5.14. The third kappa shape index (κ3) is 2.74. The van der Waals surface area contributed by atoms with Crippen LogP contribution in [0.15, 0.2) is 18.2 Å². The number of hydrogen-bond donors (Lipinski definition) is 2. The molecule has 1 saturated heterocycles. The minimum atomic E-state index is 0.00662. The van der Waals surface area contributed by atoms with Crippen molar-refractivity contribution in [2.45, 2.75) is 19.4 Å². The van der Waals surface area contributed by atoms with Crippen LogP contribution < -0.4 is 10.6 Å². The van der Waals surface area contributed by atoms with Gasteiger partial charge in [0.25, 0.3) is 0 Å². The maximum atomic E-state index is 7.39. The molecular formula is C12H18N4O. The summed E-state index contributed by atoms with van der Waals surface area (Å²) in [5, 5.41) is 7.39. The highest BCUT2D eigenvalue weighted by Crippen LogP contribution is 2.16. The predicted molar refractivity (Wildman–Crippen MR) is 67.5 cm³/mol. The van der Waals surface area contributed by atoms with Gasteiger partial charge in [0.05, 0.1) is 12.7 Å². The first-order valence-electron chi connectivity index (χ1n) is 5.88. The number of nitrogen functional groups attached to an aromatic ring is 1. The average Bonchev–Trinajstić information content (AvgIpc) is 2.39. The molecule has 17 heavy (non-hydrogen) atoms. The van der Waals surface area contributed by atoms with Crippen molar-refractivity contribution in [3.05, 3.63) is 23.9 Å². The van der Waals surface area contributed by atoms with Crippen LogP contribution in [0.25, 0.3) is 0 Å². The number of hydrogen-bond acceptors (Lipinski definition) is 4. The summed E-state index contributed by atoms with van der Waals surface area (Å²) in [6, 6.07) is 5.59. The summed E-state index contributed by atoms with van der Waals surface area (Å²) in [7, 11) is 0. The highest BCUT2D eigenvalue weighted by Gasteiger charge is 2.20. The van der Waals surface area contributed by atoms with Crippen molar-refractivity contribution >= 4 is 11.7 Å². The van der Waals surface area contributed by atoms with Crippen molar-refractivity contribution in [1.82, 2.24) is 4.98 Å². The van der Waals surface area contributed by atoms with E-state index >= 15 is 0 Å². The molecule has 1 fully saturated rings. The zero-order valence-corrected chi connectivity index (χ0v) is 10.0. The van der Waals surface area contributed by atoms with E-state index in [0.717, 1.165) is 31.9 Å². The Morgan fingerprint density at radius 2 is 2.47 bits per heavy atom. The van der Waals surface area contributed by atoms with Gasteiger partial charge in [-0.15, -0.1) is 0 Å². The summed E-state index contributed by atoms with van der Waals surface area (Å²) in [4.78, 5) is 6.57. The third-order valence-corrected chi connectivity index (χ3v) is 2.93. The minimum Gasteiger partial charge on any atom is -0.382 e. The van der Waals surface area contributed by atoms with Gasteiger partial charge in [-0.05, 0) is 18.6 Å². The van der Waals surface area contributed by atoms with Crippen LogP contribution in [-0.2, 0) is 4.74 Å². The number of anilines is 1. The molecule has 1 aliphatic heterocycles. The van der Waals surface area contributed by atoms with Gasteiger partial charge in [-0.2, -0.15) is 0 Å². The van der Waals surface area contributed by atoms with Gasteiger partial charge >= 0.3 is 0 Å².